The average molecular weight is 386 g/mol. The number of carbonyl (C=O) groups is 2. The molecule has 7 heteroatoms. The molecule has 28 heavy (non-hydrogen) atoms. The minimum absolute atomic E-state index is 0.106. The van der Waals surface area contributed by atoms with E-state index in [1.807, 2.05) is 40.1 Å². The number of rotatable bonds is 4. The second-order valence-electron chi connectivity index (χ2n) is 7.93. The van der Waals surface area contributed by atoms with Gasteiger partial charge in [-0.2, -0.15) is 0 Å². The summed E-state index contributed by atoms with van der Waals surface area (Å²) in [7, 11) is 0. The Labute approximate surface area is 166 Å². The standard InChI is InChI=1S/C21H30N4O3/c26-20(14-16-6-2-1-3-7-16)25-9-5-4-8-19(25)17-15-18(23-22-17)21(27)24-10-12-28-13-11-24/h1-3,6-7,17-19,22-23H,4-5,8-15H2. The molecule has 3 atom stereocenters. The minimum atomic E-state index is -0.226. The van der Waals surface area contributed by atoms with Gasteiger partial charge in [-0.1, -0.05) is 30.3 Å². The number of piperidine rings is 1. The molecule has 152 valence electrons. The zero-order valence-electron chi connectivity index (χ0n) is 16.3. The number of likely N-dealkylation sites (tertiary alicyclic amines) is 1. The molecule has 2 N–H and O–H groups in total. The van der Waals surface area contributed by atoms with Crippen LogP contribution in [0, 0.1) is 0 Å². The molecule has 7 nitrogen and oxygen atoms in total. The number of nitrogens with zero attached hydrogens (tertiary/aromatic N) is 2. The van der Waals surface area contributed by atoms with E-state index in [-0.39, 0.29) is 29.9 Å². The van der Waals surface area contributed by atoms with Gasteiger partial charge in [-0.25, -0.2) is 5.43 Å². The number of nitrogens with one attached hydrogen (secondary N) is 2. The Morgan fingerprint density at radius 1 is 1.04 bits per heavy atom. The highest BCUT2D eigenvalue weighted by atomic mass is 16.5. The second kappa shape index (κ2) is 9.03. The van der Waals surface area contributed by atoms with Gasteiger partial charge < -0.3 is 14.5 Å². The molecule has 3 aliphatic rings. The summed E-state index contributed by atoms with van der Waals surface area (Å²) in [6, 6.07) is 9.94. The second-order valence-corrected chi connectivity index (χ2v) is 7.93. The molecule has 0 spiro atoms. The van der Waals surface area contributed by atoms with Gasteiger partial charge in [-0.3, -0.25) is 15.0 Å². The fourth-order valence-corrected chi connectivity index (χ4v) is 4.56. The largest absolute Gasteiger partial charge is 0.378 e. The van der Waals surface area contributed by atoms with Crippen molar-refractivity contribution in [2.75, 3.05) is 32.8 Å². The van der Waals surface area contributed by atoms with Crippen LogP contribution in [0.25, 0.3) is 0 Å². The van der Waals surface area contributed by atoms with Crippen LogP contribution in [0.2, 0.25) is 0 Å². The summed E-state index contributed by atoms with van der Waals surface area (Å²) in [6.07, 6.45) is 4.31. The van der Waals surface area contributed by atoms with E-state index in [0.29, 0.717) is 32.7 Å². The van der Waals surface area contributed by atoms with E-state index in [0.717, 1.165) is 37.8 Å². The van der Waals surface area contributed by atoms with Crippen molar-refractivity contribution in [3.63, 3.8) is 0 Å². The van der Waals surface area contributed by atoms with Crippen LogP contribution in [0.4, 0.5) is 0 Å². The number of ether oxygens (including phenoxy) is 1. The summed E-state index contributed by atoms with van der Waals surface area (Å²) in [5.41, 5.74) is 7.56. The molecule has 2 amide bonds. The first kappa shape index (κ1) is 19.4. The highest BCUT2D eigenvalue weighted by Gasteiger charge is 2.40. The van der Waals surface area contributed by atoms with E-state index in [4.69, 9.17) is 4.74 Å². The molecule has 1 aromatic rings. The van der Waals surface area contributed by atoms with Crippen molar-refractivity contribution in [1.29, 1.82) is 0 Å². The van der Waals surface area contributed by atoms with Crippen LogP contribution in [-0.2, 0) is 20.7 Å². The number of hydrogen-bond donors (Lipinski definition) is 2. The molecule has 3 unspecified atom stereocenters. The molecule has 0 bridgehead atoms. The summed E-state index contributed by atoms with van der Waals surface area (Å²) >= 11 is 0. The van der Waals surface area contributed by atoms with Crippen LogP contribution in [0.5, 0.6) is 0 Å². The van der Waals surface area contributed by atoms with E-state index in [1.165, 1.54) is 0 Å². The van der Waals surface area contributed by atoms with Gasteiger partial charge in [0.15, 0.2) is 0 Å². The SMILES string of the molecule is O=C(C1CC(C2CCCCN2C(=O)Cc2ccccc2)NN1)N1CCOCC1. The Balaban J connectivity index is 1.37. The molecule has 0 radical (unpaired) electrons. The fraction of sp³-hybridized carbons (Fsp3) is 0.619. The molecule has 0 aliphatic carbocycles. The zero-order valence-corrected chi connectivity index (χ0v) is 16.3. The normalized spacial score (nSPS) is 28.4. The lowest BCUT2D eigenvalue weighted by Crippen LogP contribution is -2.54. The molecular formula is C21H30N4O3. The number of carbonyl (C=O) groups excluding carboxylic acids is 2. The number of hydrogen-bond acceptors (Lipinski definition) is 5. The van der Waals surface area contributed by atoms with Gasteiger partial charge in [0.1, 0.15) is 6.04 Å². The molecule has 3 heterocycles. The van der Waals surface area contributed by atoms with Gasteiger partial charge >= 0.3 is 0 Å². The van der Waals surface area contributed by atoms with Crippen LogP contribution in [0.3, 0.4) is 0 Å². The highest BCUT2D eigenvalue weighted by molar-refractivity contribution is 5.82. The summed E-state index contributed by atoms with van der Waals surface area (Å²) < 4.78 is 5.34. The van der Waals surface area contributed by atoms with Gasteiger partial charge in [0.25, 0.3) is 0 Å². The number of benzene rings is 1. The Bertz CT molecular complexity index is 677. The topological polar surface area (TPSA) is 73.9 Å². The van der Waals surface area contributed by atoms with Gasteiger partial charge in [-0.05, 0) is 31.2 Å². The van der Waals surface area contributed by atoms with Crippen LogP contribution in [0.15, 0.2) is 30.3 Å². The Morgan fingerprint density at radius 3 is 2.61 bits per heavy atom. The third kappa shape index (κ3) is 4.37. The predicted octanol–water partition coefficient (Wildman–Crippen LogP) is 0.704. The van der Waals surface area contributed by atoms with Gasteiger partial charge in [-0.15, -0.1) is 0 Å². The lowest BCUT2D eigenvalue weighted by molar-refractivity contribution is -0.137. The average Bonchev–Trinajstić information content (AvgIpc) is 3.25. The summed E-state index contributed by atoms with van der Waals surface area (Å²) in [4.78, 5) is 29.7. The maximum atomic E-state index is 13.0. The fourth-order valence-electron chi connectivity index (χ4n) is 4.56. The summed E-state index contributed by atoms with van der Waals surface area (Å²) in [5, 5.41) is 0. The maximum absolute atomic E-state index is 13.0. The molecular weight excluding hydrogens is 356 g/mol. The van der Waals surface area contributed by atoms with E-state index in [9.17, 15) is 9.59 Å². The summed E-state index contributed by atoms with van der Waals surface area (Å²) in [6.45, 7) is 3.34. The van der Waals surface area contributed by atoms with E-state index in [1.54, 1.807) is 0 Å². The molecule has 3 saturated heterocycles. The molecule has 3 fully saturated rings. The Kier molecular flexibility index (Phi) is 6.24. The Hall–Kier alpha value is -1.96. The van der Waals surface area contributed by atoms with E-state index in [2.05, 4.69) is 10.9 Å². The van der Waals surface area contributed by atoms with Gasteiger partial charge in [0.05, 0.1) is 19.6 Å². The first-order chi connectivity index (χ1) is 13.7. The van der Waals surface area contributed by atoms with Crippen molar-refractivity contribution in [1.82, 2.24) is 20.7 Å². The highest BCUT2D eigenvalue weighted by Crippen LogP contribution is 2.25. The third-order valence-corrected chi connectivity index (χ3v) is 6.09. The smallest absolute Gasteiger partial charge is 0.241 e. The summed E-state index contributed by atoms with van der Waals surface area (Å²) in [5.74, 6) is 0.317. The van der Waals surface area contributed by atoms with E-state index < -0.39 is 0 Å². The van der Waals surface area contributed by atoms with Crippen molar-refractivity contribution in [3.05, 3.63) is 35.9 Å². The number of hydrazine groups is 1. The monoisotopic (exact) mass is 386 g/mol. The maximum Gasteiger partial charge on any atom is 0.241 e. The van der Waals surface area contributed by atoms with Crippen molar-refractivity contribution in [2.24, 2.45) is 0 Å². The van der Waals surface area contributed by atoms with Crippen LogP contribution >= 0.6 is 0 Å². The van der Waals surface area contributed by atoms with Crippen molar-refractivity contribution >= 4 is 11.8 Å². The molecule has 0 aromatic heterocycles. The third-order valence-electron chi connectivity index (χ3n) is 6.09. The number of amides is 2. The van der Waals surface area contributed by atoms with Crippen LogP contribution < -0.4 is 10.9 Å². The predicted molar refractivity (Wildman–Crippen MR) is 105 cm³/mol. The lowest BCUT2D eigenvalue weighted by Gasteiger charge is -2.39. The van der Waals surface area contributed by atoms with Crippen molar-refractivity contribution < 1.29 is 14.3 Å². The van der Waals surface area contributed by atoms with Gasteiger partial charge in [0.2, 0.25) is 11.8 Å². The van der Waals surface area contributed by atoms with Gasteiger partial charge in [0, 0.05) is 31.7 Å². The molecule has 3 aliphatic heterocycles. The van der Waals surface area contributed by atoms with E-state index >= 15 is 0 Å². The first-order valence-electron chi connectivity index (χ1n) is 10.4. The number of morpholine rings is 1. The van der Waals surface area contributed by atoms with Crippen molar-refractivity contribution in [3.8, 4) is 0 Å². The molecule has 1 aromatic carbocycles. The van der Waals surface area contributed by atoms with Crippen molar-refractivity contribution in [2.45, 2.75) is 50.2 Å². The molecule has 0 saturated carbocycles. The minimum Gasteiger partial charge on any atom is -0.378 e. The first-order valence-corrected chi connectivity index (χ1v) is 10.4. The van der Waals surface area contributed by atoms with Crippen LogP contribution in [-0.4, -0.2) is 72.6 Å². The Morgan fingerprint density at radius 2 is 1.82 bits per heavy atom. The zero-order chi connectivity index (χ0) is 19.3. The lowest BCUT2D eigenvalue weighted by atomic mass is 9.92. The quantitative estimate of drug-likeness (QED) is 0.797. The molecule has 4 rings (SSSR count). The van der Waals surface area contributed by atoms with Crippen LogP contribution in [0.1, 0.15) is 31.2 Å².